The fourth-order valence-corrected chi connectivity index (χ4v) is 3.51. The summed E-state index contributed by atoms with van der Waals surface area (Å²) in [5.74, 6) is 5.92. The SMILES string of the molecule is CC#Cc1ccc(-c2ccc(C(=O)CCl)s2)s1. The Labute approximate surface area is 113 Å². The van der Waals surface area contributed by atoms with Gasteiger partial charge in [0.1, 0.15) is 0 Å². The summed E-state index contributed by atoms with van der Waals surface area (Å²) in [5, 5.41) is 0. The summed E-state index contributed by atoms with van der Waals surface area (Å²) in [6, 6.07) is 7.82. The van der Waals surface area contributed by atoms with Crippen molar-refractivity contribution in [2.45, 2.75) is 6.92 Å². The molecule has 0 spiro atoms. The van der Waals surface area contributed by atoms with Crippen molar-refractivity contribution in [1.82, 2.24) is 0 Å². The predicted octanol–water partition coefficient (Wildman–Crippen LogP) is 4.27. The molecule has 0 atom stereocenters. The number of hydrogen-bond donors (Lipinski definition) is 0. The molecule has 0 N–H and O–H groups in total. The first-order valence-electron chi connectivity index (χ1n) is 4.96. The first-order valence-corrected chi connectivity index (χ1v) is 7.13. The number of thiophene rings is 2. The van der Waals surface area contributed by atoms with E-state index in [9.17, 15) is 4.79 Å². The molecule has 0 saturated carbocycles. The topological polar surface area (TPSA) is 17.1 Å². The van der Waals surface area contributed by atoms with Crippen molar-refractivity contribution in [2.24, 2.45) is 0 Å². The maximum atomic E-state index is 11.4. The smallest absolute Gasteiger partial charge is 0.187 e. The fraction of sp³-hybridized carbons (Fsp3) is 0.154. The molecule has 0 radical (unpaired) electrons. The van der Waals surface area contributed by atoms with E-state index in [0.29, 0.717) is 4.88 Å². The van der Waals surface area contributed by atoms with Crippen molar-refractivity contribution < 1.29 is 4.79 Å². The molecular weight excluding hydrogens is 272 g/mol. The lowest BCUT2D eigenvalue weighted by Crippen LogP contribution is -1.95. The summed E-state index contributed by atoms with van der Waals surface area (Å²) in [6.07, 6.45) is 0. The second kappa shape index (κ2) is 5.50. The molecular formula is C13H9ClOS2. The van der Waals surface area contributed by atoms with Crippen LogP contribution < -0.4 is 0 Å². The van der Waals surface area contributed by atoms with Crippen molar-refractivity contribution in [2.75, 3.05) is 5.88 Å². The van der Waals surface area contributed by atoms with Crippen LogP contribution in [-0.2, 0) is 0 Å². The molecule has 1 nitrogen and oxygen atoms in total. The van der Waals surface area contributed by atoms with E-state index in [-0.39, 0.29) is 11.7 Å². The number of rotatable bonds is 3. The van der Waals surface area contributed by atoms with E-state index >= 15 is 0 Å². The van der Waals surface area contributed by atoms with Gasteiger partial charge in [-0.3, -0.25) is 4.79 Å². The van der Waals surface area contributed by atoms with E-state index in [1.54, 1.807) is 11.3 Å². The molecule has 2 heterocycles. The molecule has 0 aliphatic carbocycles. The molecule has 4 heteroatoms. The summed E-state index contributed by atoms with van der Waals surface area (Å²) in [4.78, 5) is 15.4. The van der Waals surface area contributed by atoms with Gasteiger partial charge in [-0.2, -0.15) is 0 Å². The summed E-state index contributed by atoms with van der Waals surface area (Å²) in [5.41, 5.74) is 0. The van der Waals surface area contributed by atoms with Crippen LogP contribution in [0.5, 0.6) is 0 Å². The third kappa shape index (κ3) is 2.78. The van der Waals surface area contributed by atoms with Gasteiger partial charge in [-0.25, -0.2) is 0 Å². The summed E-state index contributed by atoms with van der Waals surface area (Å²) < 4.78 is 0. The Morgan fingerprint density at radius 3 is 2.65 bits per heavy atom. The predicted molar refractivity (Wildman–Crippen MR) is 75.2 cm³/mol. The minimum atomic E-state index is -0.0203. The molecule has 17 heavy (non-hydrogen) atoms. The van der Waals surface area contributed by atoms with Crippen LogP contribution in [-0.4, -0.2) is 11.7 Å². The number of alkyl halides is 1. The lowest BCUT2D eigenvalue weighted by Gasteiger charge is -1.89. The molecule has 0 saturated heterocycles. The van der Waals surface area contributed by atoms with Crippen molar-refractivity contribution in [3.63, 3.8) is 0 Å². The van der Waals surface area contributed by atoms with E-state index in [0.717, 1.165) is 14.6 Å². The lowest BCUT2D eigenvalue weighted by atomic mass is 10.3. The second-order valence-electron chi connectivity index (χ2n) is 3.26. The van der Waals surface area contributed by atoms with Gasteiger partial charge in [-0.05, 0) is 31.2 Å². The van der Waals surface area contributed by atoms with Gasteiger partial charge in [0.25, 0.3) is 0 Å². The molecule has 2 aromatic rings. The molecule has 0 aliphatic heterocycles. The number of Topliss-reactive ketones (excluding diaryl/α,β-unsaturated/α-hetero) is 1. The van der Waals surface area contributed by atoms with Gasteiger partial charge < -0.3 is 0 Å². The fourth-order valence-electron chi connectivity index (χ4n) is 1.35. The van der Waals surface area contributed by atoms with Crippen LogP contribution in [0.25, 0.3) is 9.75 Å². The van der Waals surface area contributed by atoms with Gasteiger partial charge in [0.2, 0.25) is 0 Å². The quantitative estimate of drug-likeness (QED) is 0.466. The zero-order valence-corrected chi connectivity index (χ0v) is 11.5. The maximum Gasteiger partial charge on any atom is 0.187 e. The van der Waals surface area contributed by atoms with Crippen LogP contribution in [0.1, 0.15) is 21.5 Å². The van der Waals surface area contributed by atoms with Crippen LogP contribution in [0.3, 0.4) is 0 Å². The molecule has 2 aromatic heterocycles. The van der Waals surface area contributed by atoms with Crippen molar-refractivity contribution >= 4 is 40.1 Å². The second-order valence-corrected chi connectivity index (χ2v) is 5.69. The molecule has 2 rings (SSSR count). The van der Waals surface area contributed by atoms with Crippen LogP contribution >= 0.6 is 34.3 Å². The van der Waals surface area contributed by atoms with E-state index in [4.69, 9.17) is 11.6 Å². The molecule has 0 aromatic carbocycles. The highest BCUT2D eigenvalue weighted by atomic mass is 35.5. The van der Waals surface area contributed by atoms with Gasteiger partial charge in [0.15, 0.2) is 5.78 Å². The van der Waals surface area contributed by atoms with Crippen LogP contribution in [0.15, 0.2) is 24.3 Å². The summed E-state index contributed by atoms with van der Waals surface area (Å²) >= 11 is 8.64. The summed E-state index contributed by atoms with van der Waals surface area (Å²) in [7, 11) is 0. The Balaban J connectivity index is 2.29. The highest BCUT2D eigenvalue weighted by Crippen LogP contribution is 2.33. The van der Waals surface area contributed by atoms with Crippen molar-refractivity contribution in [1.29, 1.82) is 0 Å². The van der Waals surface area contributed by atoms with E-state index in [2.05, 4.69) is 11.8 Å². The van der Waals surface area contributed by atoms with Crippen LogP contribution in [0.2, 0.25) is 0 Å². The first kappa shape index (κ1) is 12.4. The average Bonchev–Trinajstić information content (AvgIpc) is 2.96. The number of carbonyl (C=O) groups excluding carboxylic acids is 1. The third-order valence-corrected chi connectivity index (χ3v) is 4.66. The largest absolute Gasteiger partial charge is 0.292 e. The van der Waals surface area contributed by atoms with Gasteiger partial charge in [0.05, 0.1) is 15.6 Å². The highest BCUT2D eigenvalue weighted by molar-refractivity contribution is 7.23. The molecule has 0 aliphatic rings. The Bertz CT molecular complexity index is 598. The maximum absolute atomic E-state index is 11.4. The molecule has 0 amide bonds. The monoisotopic (exact) mass is 280 g/mol. The minimum Gasteiger partial charge on any atom is -0.292 e. The van der Waals surface area contributed by atoms with Crippen molar-refractivity contribution in [3.05, 3.63) is 34.0 Å². The lowest BCUT2D eigenvalue weighted by molar-refractivity contribution is 0.102. The van der Waals surface area contributed by atoms with E-state index in [1.165, 1.54) is 11.3 Å². The Morgan fingerprint density at radius 2 is 1.94 bits per heavy atom. The van der Waals surface area contributed by atoms with E-state index in [1.807, 2.05) is 31.2 Å². The number of carbonyl (C=O) groups is 1. The Kier molecular flexibility index (Phi) is 4.01. The van der Waals surface area contributed by atoms with Gasteiger partial charge in [-0.15, -0.1) is 40.2 Å². The summed E-state index contributed by atoms with van der Waals surface area (Å²) in [6.45, 7) is 1.82. The Morgan fingerprint density at radius 1 is 1.24 bits per heavy atom. The molecule has 0 unspecified atom stereocenters. The van der Waals surface area contributed by atoms with E-state index < -0.39 is 0 Å². The molecule has 0 fully saturated rings. The standard InChI is InChI=1S/C13H9ClOS2/c1-2-3-9-4-5-12(16-9)13-7-6-11(17-13)10(15)8-14/h4-7H,8H2,1H3. The van der Waals surface area contributed by atoms with Gasteiger partial charge in [-0.1, -0.05) is 5.92 Å². The number of halogens is 1. The number of hydrogen-bond acceptors (Lipinski definition) is 3. The highest BCUT2D eigenvalue weighted by Gasteiger charge is 2.10. The normalized spacial score (nSPS) is 9.76. The Hall–Kier alpha value is -1.08. The zero-order chi connectivity index (χ0) is 12.3. The molecule has 86 valence electrons. The van der Waals surface area contributed by atoms with Crippen molar-refractivity contribution in [3.8, 4) is 21.6 Å². The third-order valence-electron chi connectivity index (χ3n) is 2.10. The van der Waals surface area contributed by atoms with Gasteiger partial charge >= 0.3 is 0 Å². The van der Waals surface area contributed by atoms with Crippen LogP contribution in [0.4, 0.5) is 0 Å². The minimum absolute atomic E-state index is 0.0203. The number of ketones is 1. The molecule has 0 bridgehead atoms. The first-order chi connectivity index (χ1) is 8.24. The zero-order valence-electron chi connectivity index (χ0n) is 9.12. The average molecular weight is 281 g/mol. The van der Waals surface area contributed by atoms with Gasteiger partial charge in [0, 0.05) is 9.75 Å². The van der Waals surface area contributed by atoms with Crippen LogP contribution in [0, 0.1) is 11.8 Å².